The summed E-state index contributed by atoms with van der Waals surface area (Å²) in [5.41, 5.74) is 2.41. The summed E-state index contributed by atoms with van der Waals surface area (Å²) in [5.74, 6) is 0.558. The zero-order valence-electron chi connectivity index (χ0n) is 17.6. The lowest BCUT2D eigenvalue weighted by atomic mass is 10.0. The number of hydrogen-bond acceptors (Lipinski definition) is 5. The van der Waals surface area contributed by atoms with Gasteiger partial charge in [-0.15, -0.1) is 0 Å². The molecule has 0 saturated carbocycles. The number of nitrogens with one attached hydrogen (secondary N) is 1. The molecule has 1 fully saturated rings. The second kappa shape index (κ2) is 9.59. The molecule has 0 spiro atoms. The molecule has 1 saturated heterocycles. The topological polar surface area (TPSA) is 84.9 Å². The number of sulfonamides is 1. The van der Waals surface area contributed by atoms with E-state index in [2.05, 4.69) is 5.32 Å². The van der Waals surface area contributed by atoms with Crippen LogP contribution in [0.25, 0.3) is 0 Å². The minimum absolute atomic E-state index is 0.154. The fraction of sp³-hybridized carbons (Fsp3) is 0.409. The third-order valence-corrected chi connectivity index (χ3v) is 7.17. The molecule has 1 aliphatic rings. The number of morpholine rings is 1. The third-order valence-electron chi connectivity index (χ3n) is 5.26. The number of nitrogens with zero attached hydrogens (tertiary/aromatic N) is 1. The van der Waals surface area contributed by atoms with Gasteiger partial charge in [-0.1, -0.05) is 19.1 Å². The van der Waals surface area contributed by atoms with Gasteiger partial charge in [-0.05, 0) is 54.8 Å². The predicted molar refractivity (Wildman–Crippen MR) is 114 cm³/mol. The molecule has 2 aromatic rings. The highest BCUT2D eigenvalue weighted by atomic mass is 32.2. The van der Waals surface area contributed by atoms with Crippen molar-refractivity contribution in [1.29, 1.82) is 0 Å². The van der Waals surface area contributed by atoms with E-state index in [1.807, 2.05) is 32.0 Å². The van der Waals surface area contributed by atoms with Crippen LogP contribution in [-0.2, 0) is 14.8 Å². The van der Waals surface area contributed by atoms with Crippen molar-refractivity contribution in [2.45, 2.75) is 31.2 Å². The van der Waals surface area contributed by atoms with Crippen LogP contribution in [0.4, 0.5) is 0 Å². The predicted octanol–water partition coefficient (Wildman–Crippen LogP) is 2.91. The van der Waals surface area contributed by atoms with E-state index in [0.29, 0.717) is 31.9 Å². The Morgan fingerprint density at radius 1 is 1.17 bits per heavy atom. The van der Waals surface area contributed by atoms with E-state index >= 15 is 0 Å². The summed E-state index contributed by atoms with van der Waals surface area (Å²) in [6.07, 6.45) is 0.723. The van der Waals surface area contributed by atoms with Crippen LogP contribution in [0, 0.1) is 6.92 Å². The van der Waals surface area contributed by atoms with Gasteiger partial charge in [-0.2, -0.15) is 4.31 Å². The summed E-state index contributed by atoms with van der Waals surface area (Å²) in [7, 11) is -1.95. The van der Waals surface area contributed by atoms with E-state index in [9.17, 15) is 13.2 Å². The molecule has 2 aromatic carbocycles. The molecule has 0 aromatic heterocycles. The summed E-state index contributed by atoms with van der Waals surface area (Å²) in [5, 5.41) is 3.03. The van der Waals surface area contributed by atoms with Crippen LogP contribution in [0.3, 0.4) is 0 Å². The molecule has 1 atom stereocenters. The fourth-order valence-corrected chi connectivity index (χ4v) is 4.90. The van der Waals surface area contributed by atoms with Crippen molar-refractivity contribution in [2.75, 3.05) is 33.4 Å². The highest BCUT2D eigenvalue weighted by Gasteiger charge is 2.26. The molecule has 0 unspecified atom stereocenters. The van der Waals surface area contributed by atoms with E-state index in [0.717, 1.165) is 23.3 Å². The SMILES string of the molecule is CC[C@H](NC(=O)c1ccc(S(=O)(=O)N2CCOCC2)cc1)c1ccc(OC)c(C)c1. The van der Waals surface area contributed by atoms with E-state index in [1.165, 1.54) is 16.4 Å². The Bertz CT molecular complexity index is 983. The molecule has 1 amide bonds. The van der Waals surface area contributed by atoms with Gasteiger partial charge in [0.05, 0.1) is 31.3 Å². The first-order valence-electron chi connectivity index (χ1n) is 10.00. The second-order valence-corrected chi connectivity index (χ2v) is 9.14. The summed E-state index contributed by atoms with van der Waals surface area (Å²) >= 11 is 0. The highest BCUT2D eigenvalue weighted by Crippen LogP contribution is 2.25. The van der Waals surface area contributed by atoms with Gasteiger partial charge in [-0.3, -0.25) is 4.79 Å². The Morgan fingerprint density at radius 2 is 1.83 bits per heavy atom. The molecular weight excluding hydrogens is 404 g/mol. The Hall–Kier alpha value is -2.42. The zero-order chi connectivity index (χ0) is 21.7. The Labute approximate surface area is 178 Å². The quantitative estimate of drug-likeness (QED) is 0.727. The van der Waals surface area contributed by atoms with Crippen LogP contribution in [0.2, 0.25) is 0 Å². The lowest BCUT2D eigenvalue weighted by molar-refractivity contribution is 0.0730. The third kappa shape index (κ3) is 4.83. The molecule has 1 N–H and O–H groups in total. The molecule has 30 heavy (non-hydrogen) atoms. The van der Waals surface area contributed by atoms with Gasteiger partial charge in [0.2, 0.25) is 10.0 Å². The Kier molecular flexibility index (Phi) is 7.12. The Morgan fingerprint density at radius 3 is 2.40 bits per heavy atom. The van der Waals surface area contributed by atoms with Crippen molar-refractivity contribution in [3.63, 3.8) is 0 Å². The maximum Gasteiger partial charge on any atom is 0.251 e. The van der Waals surface area contributed by atoms with Crippen LogP contribution < -0.4 is 10.1 Å². The van der Waals surface area contributed by atoms with Gasteiger partial charge in [-0.25, -0.2) is 8.42 Å². The standard InChI is InChI=1S/C22H28N2O5S/c1-4-20(18-7-10-21(28-3)16(2)15-18)23-22(25)17-5-8-19(9-6-17)30(26,27)24-11-13-29-14-12-24/h5-10,15,20H,4,11-14H2,1-3H3,(H,23,25)/t20-/m0/s1. The van der Waals surface area contributed by atoms with Gasteiger partial charge in [0.1, 0.15) is 5.75 Å². The van der Waals surface area contributed by atoms with Crippen molar-refractivity contribution in [1.82, 2.24) is 9.62 Å². The van der Waals surface area contributed by atoms with E-state index in [4.69, 9.17) is 9.47 Å². The molecule has 0 aliphatic carbocycles. The summed E-state index contributed by atoms with van der Waals surface area (Å²) in [4.78, 5) is 12.9. The number of amides is 1. The number of carbonyl (C=O) groups is 1. The molecule has 1 heterocycles. The number of hydrogen-bond donors (Lipinski definition) is 1. The van der Waals surface area contributed by atoms with Crippen LogP contribution in [0.15, 0.2) is 47.4 Å². The smallest absolute Gasteiger partial charge is 0.251 e. The number of aryl methyl sites for hydroxylation is 1. The molecule has 7 nitrogen and oxygen atoms in total. The van der Waals surface area contributed by atoms with Crippen molar-refractivity contribution in [3.8, 4) is 5.75 Å². The maximum absolute atomic E-state index is 12.7. The number of methoxy groups -OCH3 is 1. The minimum atomic E-state index is -3.58. The summed E-state index contributed by atoms with van der Waals surface area (Å²) in [6, 6.07) is 11.8. The van der Waals surface area contributed by atoms with Gasteiger partial charge in [0, 0.05) is 18.7 Å². The Balaban J connectivity index is 1.72. The van der Waals surface area contributed by atoms with Crippen LogP contribution in [-0.4, -0.2) is 52.0 Å². The van der Waals surface area contributed by atoms with Crippen LogP contribution >= 0.6 is 0 Å². The number of rotatable bonds is 7. The molecule has 1 aliphatic heterocycles. The minimum Gasteiger partial charge on any atom is -0.496 e. The van der Waals surface area contributed by atoms with Crippen molar-refractivity contribution in [3.05, 3.63) is 59.2 Å². The highest BCUT2D eigenvalue weighted by molar-refractivity contribution is 7.89. The van der Waals surface area contributed by atoms with Crippen molar-refractivity contribution < 1.29 is 22.7 Å². The van der Waals surface area contributed by atoms with E-state index in [-0.39, 0.29) is 16.8 Å². The zero-order valence-corrected chi connectivity index (χ0v) is 18.4. The normalized spacial score (nSPS) is 16.1. The summed E-state index contributed by atoms with van der Waals surface area (Å²) in [6.45, 7) is 5.42. The summed E-state index contributed by atoms with van der Waals surface area (Å²) < 4.78 is 37.4. The van der Waals surface area contributed by atoms with Crippen molar-refractivity contribution >= 4 is 15.9 Å². The van der Waals surface area contributed by atoms with Crippen molar-refractivity contribution in [2.24, 2.45) is 0 Å². The molecule has 0 bridgehead atoms. The van der Waals surface area contributed by atoms with Gasteiger partial charge >= 0.3 is 0 Å². The van der Waals surface area contributed by atoms with Gasteiger partial charge < -0.3 is 14.8 Å². The number of benzene rings is 2. The molecular formula is C22H28N2O5S. The van der Waals surface area contributed by atoms with Crippen LogP contribution in [0.5, 0.6) is 5.75 Å². The molecule has 162 valence electrons. The van der Waals surface area contributed by atoms with Crippen LogP contribution in [0.1, 0.15) is 40.9 Å². The van der Waals surface area contributed by atoms with Gasteiger partial charge in [0.25, 0.3) is 5.91 Å². The first kappa shape index (κ1) is 22.3. The molecule has 3 rings (SSSR count). The fourth-order valence-electron chi connectivity index (χ4n) is 3.50. The molecule has 0 radical (unpaired) electrons. The number of carbonyl (C=O) groups excluding carboxylic acids is 1. The first-order chi connectivity index (χ1) is 14.4. The lowest BCUT2D eigenvalue weighted by Crippen LogP contribution is -2.40. The average Bonchev–Trinajstić information content (AvgIpc) is 2.78. The lowest BCUT2D eigenvalue weighted by Gasteiger charge is -2.26. The maximum atomic E-state index is 12.7. The average molecular weight is 433 g/mol. The number of ether oxygens (including phenoxy) is 2. The van der Waals surface area contributed by atoms with Gasteiger partial charge in [0.15, 0.2) is 0 Å². The first-order valence-corrected chi connectivity index (χ1v) is 11.4. The van der Waals surface area contributed by atoms with E-state index < -0.39 is 10.0 Å². The molecule has 8 heteroatoms. The second-order valence-electron chi connectivity index (χ2n) is 7.20. The van der Waals surface area contributed by atoms with E-state index in [1.54, 1.807) is 19.2 Å². The monoisotopic (exact) mass is 432 g/mol. The largest absolute Gasteiger partial charge is 0.496 e.